The van der Waals surface area contributed by atoms with Gasteiger partial charge in [0.1, 0.15) is 0 Å². The molecule has 1 aromatic rings. The lowest BCUT2D eigenvalue weighted by Gasteiger charge is -2.32. The topological polar surface area (TPSA) is 72.1 Å². The second-order valence-electron chi connectivity index (χ2n) is 6.02. The quantitative estimate of drug-likeness (QED) is 0.907. The number of carbonyl (C=O) groups excluding carboxylic acids is 1. The number of hydrogen-bond acceptors (Lipinski definition) is 4. The van der Waals surface area contributed by atoms with Crippen molar-refractivity contribution in [2.45, 2.75) is 45.1 Å². The molecule has 2 aliphatic rings. The smallest absolute Gasteiger partial charge is 0.286 e. The van der Waals surface area contributed by atoms with Crippen LogP contribution >= 0.6 is 0 Å². The van der Waals surface area contributed by atoms with E-state index in [4.69, 9.17) is 5.73 Å². The van der Waals surface area contributed by atoms with Gasteiger partial charge >= 0.3 is 0 Å². The SMILES string of the molecule is NC(=O)c1ncc2c(n1)CN(CC1CCCCC1)CC2. The van der Waals surface area contributed by atoms with Crippen LogP contribution in [0, 0.1) is 5.92 Å². The summed E-state index contributed by atoms with van der Waals surface area (Å²) in [5.41, 5.74) is 7.40. The van der Waals surface area contributed by atoms with Crippen LogP contribution in [0.5, 0.6) is 0 Å². The molecule has 0 aromatic carbocycles. The maximum Gasteiger partial charge on any atom is 0.286 e. The van der Waals surface area contributed by atoms with Crippen molar-refractivity contribution < 1.29 is 4.79 Å². The normalized spacial score (nSPS) is 20.6. The molecule has 1 aliphatic carbocycles. The van der Waals surface area contributed by atoms with E-state index in [1.807, 2.05) is 0 Å². The van der Waals surface area contributed by atoms with Crippen LogP contribution in [0.1, 0.15) is 54.0 Å². The lowest BCUT2D eigenvalue weighted by atomic mass is 9.88. The van der Waals surface area contributed by atoms with E-state index >= 15 is 0 Å². The second-order valence-corrected chi connectivity index (χ2v) is 6.02. The average Bonchev–Trinajstić information content (AvgIpc) is 2.47. The minimum absolute atomic E-state index is 0.142. The van der Waals surface area contributed by atoms with Crippen molar-refractivity contribution in [3.8, 4) is 0 Å². The summed E-state index contributed by atoms with van der Waals surface area (Å²) in [6, 6.07) is 0. The third-order valence-corrected chi connectivity index (χ3v) is 4.49. The van der Waals surface area contributed by atoms with Gasteiger partial charge in [-0.1, -0.05) is 19.3 Å². The van der Waals surface area contributed by atoms with E-state index in [2.05, 4.69) is 14.9 Å². The molecular weight excluding hydrogens is 252 g/mol. The molecule has 0 unspecified atom stereocenters. The molecule has 1 saturated carbocycles. The van der Waals surface area contributed by atoms with Crippen molar-refractivity contribution in [2.24, 2.45) is 11.7 Å². The number of aromatic nitrogens is 2. The molecule has 108 valence electrons. The fourth-order valence-corrected chi connectivity index (χ4v) is 3.37. The molecule has 1 aromatic heterocycles. The molecule has 20 heavy (non-hydrogen) atoms. The summed E-state index contributed by atoms with van der Waals surface area (Å²) in [7, 11) is 0. The first-order chi connectivity index (χ1) is 9.72. The molecule has 0 atom stereocenters. The van der Waals surface area contributed by atoms with E-state index < -0.39 is 5.91 Å². The summed E-state index contributed by atoms with van der Waals surface area (Å²) in [6.07, 6.45) is 9.61. The van der Waals surface area contributed by atoms with Gasteiger partial charge in [-0.25, -0.2) is 9.97 Å². The Kier molecular flexibility index (Phi) is 3.96. The van der Waals surface area contributed by atoms with Crippen LogP contribution in [-0.2, 0) is 13.0 Å². The van der Waals surface area contributed by atoms with Gasteiger partial charge in [-0.2, -0.15) is 0 Å². The van der Waals surface area contributed by atoms with Gasteiger partial charge in [-0.05, 0) is 30.7 Å². The summed E-state index contributed by atoms with van der Waals surface area (Å²) in [6.45, 7) is 3.06. The number of fused-ring (bicyclic) bond motifs is 1. The van der Waals surface area contributed by atoms with Gasteiger partial charge in [0.25, 0.3) is 5.91 Å². The Bertz CT molecular complexity index is 497. The number of primary amides is 1. The standard InChI is InChI=1S/C15H22N4O/c16-14(20)15-17-8-12-6-7-19(10-13(12)18-15)9-11-4-2-1-3-5-11/h8,11H,1-7,9-10H2,(H2,16,20). The minimum atomic E-state index is -0.544. The number of nitrogens with two attached hydrogens (primary N) is 1. The highest BCUT2D eigenvalue weighted by Crippen LogP contribution is 2.26. The van der Waals surface area contributed by atoms with E-state index in [0.29, 0.717) is 0 Å². The van der Waals surface area contributed by atoms with Crippen molar-refractivity contribution in [1.29, 1.82) is 0 Å². The third kappa shape index (κ3) is 2.98. The number of hydrogen-bond donors (Lipinski definition) is 1. The maximum absolute atomic E-state index is 11.2. The van der Waals surface area contributed by atoms with Crippen LogP contribution in [0.2, 0.25) is 0 Å². The molecule has 2 heterocycles. The molecule has 0 radical (unpaired) electrons. The Balaban J connectivity index is 1.67. The largest absolute Gasteiger partial charge is 0.363 e. The van der Waals surface area contributed by atoms with Crippen molar-refractivity contribution in [2.75, 3.05) is 13.1 Å². The summed E-state index contributed by atoms with van der Waals surface area (Å²) < 4.78 is 0. The first-order valence-electron chi connectivity index (χ1n) is 7.59. The molecule has 0 saturated heterocycles. The minimum Gasteiger partial charge on any atom is -0.363 e. The van der Waals surface area contributed by atoms with Gasteiger partial charge in [0.05, 0.1) is 5.69 Å². The fourth-order valence-electron chi connectivity index (χ4n) is 3.37. The van der Waals surface area contributed by atoms with Crippen molar-refractivity contribution >= 4 is 5.91 Å². The zero-order chi connectivity index (χ0) is 13.9. The van der Waals surface area contributed by atoms with Gasteiger partial charge < -0.3 is 5.73 Å². The second kappa shape index (κ2) is 5.87. The van der Waals surface area contributed by atoms with Crippen molar-refractivity contribution in [3.63, 3.8) is 0 Å². The van der Waals surface area contributed by atoms with E-state index in [-0.39, 0.29) is 5.82 Å². The van der Waals surface area contributed by atoms with E-state index in [1.165, 1.54) is 32.1 Å². The molecule has 5 nitrogen and oxygen atoms in total. The first-order valence-corrected chi connectivity index (χ1v) is 7.59. The molecule has 3 rings (SSSR count). The third-order valence-electron chi connectivity index (χ3n) is 4.49. The molecule has 5 heteroatoms. The molecule has 1 fully saturated rings. The van der Waals surface area contributed by atoms with Gasteiger partial charge in [-0.3, -0.25) is 9.69 Å². The summed E-state index contributed by atoms with van der Waals surface area (Å²) in [5.74, 6) is 0.434. The lowest BCUT2D eigenvalue weighted by Crippen LogP contribution is -2.36. The zero-order valence-corrected chi connectivity index (χ0v) is 11.8. The molecular formula is C15H22N4O. The Morgan fingerprint density at radius 1 is 1.35 bits per heavy atom. The molecule has 1 aliphatic heterocycles. The summed E-state index contributed by atoms with van der Waals surface area (Å²) in [5, 5.41) is 0. The van der Waals surface area contributed by atoms with Gasteiger partial charge in [0, 0.05) is 25.8 Å². The van der Waals surface area contributed by atoms with Gasteiger partial charge in [0.15, 0.2) is 0 Å². The molecule has 1 amide bonds. The summed E-state index contributed by atoms with van der Waals surface area (Å²) >= 11 is 0. The fraction of sp³-hybridized carbons (Fsp3) is 0.667. The Hall–Kier alpha value is -1.49. The highest BCUT2D eigenvalue weighted by atomic mass is 16.1. The van der Waals surface area contributed by atoms with E-state index in [9.17, 15) is 4.79 Å². The van der Waals surface area contributed by atoms with Crippen molar-refractivity contribution in [3.05, 3.63) is 23.3 Å². The van der Waals surface area contributed by atoms with Gasteiger partial charge in [0.2, 0.25) is 5.82 Å². The Morgan fingerprint density at radius 2 is 2.15 bits per heavy atom. The van der Waals surface area contributed by atoms with Crippen LogP contribution < -0.4 is 5.73 Å². The van der Waals surface area contributed by atoms with Crippen LogP contribution in [0.4, 0.5) is 0 Å². The van der Waals surface area contributed by atoms with Crippen LogP contribution in [0.25, 0.3) is 0 Å². The van der Waals surface area contributed by atoms with Crippen LogP contribution in [-0.4, -0.2) is 33.9 Å². The molecule has 0 bridgehead atoms. The lowest BCUT2D eigenvalue weighted by molar-refractivity contribution is 0.0989. The van der Waals surface area contributed by atoms with Crippen LogP contribution in [0.3, 0.4) is 0 Å². The zero-order valence-electron chi connectivity index (χ0n) is 11.8. The average molecular weight is 274 g/mol. The number of nitrogens with zero attached hydrogens (tertiary/aromatic N) is 3. The maximum atomic E-state index is 11.2. The number of carbonyl (C=O) groups is 1. The Labute approximate surface area is 119 Å². The monoisotopic (exact) mass is 274 g/mol. The Morgan fingerprint density at radius 3 is 2.90 bits per heavy atom. The first kappa shape index (κ1) is 13.5. The predicted octanol–water partition coefficient (Wildman–Crippen LogP) is 1.51. The van der Waals surface area contributed by atoms with Crippen molar-refractivity contribution in [1.82, 2.24) is 14.9 Å². The van der Waals surface area contributed by atoms with Crippen LogP contribution in [0.15, 0.2) is 6.20 Å². The number of amides is 1. The predicted molar refractivity (Wildman–Crippen MR) is 76.1 cm³/mol. The van der Waals surface area contributed by atoms with E-state index in [1.54, 1.807) is 6.20 Å². The van der Waals surface area contributed by atoms with E-state index in [0.717, 1.165) is 43.2 Å². The highest BCUT2D eigenvalue weighted by Gasteiger charge is 2.23. The molecule has 2 N–H and O–H groups in total. The van der Waals surface area contributed by atoms with Gasteiger partial charge in [-0.15, -0.1) is 0 Å². The summed E-state index contributed by atoms with van der Waals surface area (Å²) in [4.78, 5) is 22.0. The number of rotatable bonds is 3. The molecule has 0 spiro atoms. The highest BCUT2D eigenvalue weighted by molar-refractivity contribution is 5.88.